The zero-order valence-electron chi connectivity index (χ0n) is 12.9. The molecule has 7 heteroatoms. The molecule has 1 amide bonds. The Morgan fingerprint density at radius 1 is 1.08 bits per heavy atom. The summed E-state index contributed by atoms with van der Waals surface area (Å²) in [4.78, 5) is 36.0. The number of carboxylic acids is 1. The van der Waals surface area contributed by atoms with E-state index in [0.717, 1.165) is 10.5 Å². The maximum Gasteiger partial charge on any atom is 0.336 e. The van der Waals surface area contributed by atoms with Crippen molar-refractivity contribution in [3.63, 3.8) is 0 Å². The second-order valence-electron chi connectivity index (χ2n) is 5.36. The molecule has 0 aliphatic heterocycles. The van der Waals surface area contributed by atoms with Crippen LogP contribution in [0, 0.1) is 0 Å². The number of hydrogen-bond donors (Lipinski definition) is 2. The van der Waals surface area contributed by atoms with Gasteiger partial charge in [0.25, 0.3) is 5.56 Å². The number of fused-ring (bicyclic) bond motifs is 1. The minimum absolute atomic E-state index is 0.0794. The number of hydrogen-bond acceptors (Lipinski definition) is 3. The van der Waals surface area contributed by atoms with Gasteiger partial charge in [-0.05, 0) is 24.3 Å². The van der Waals surface area contributed by atoms with Crippen molar-refractivity contribution in [2.75, 3.05) is 5.32 Å². The number of carbonyl (C=O) groups is 2. The molecule has 0 spiro atoms. The molecule has 0 bridgehead atoms. The molecule has 6 nitrogen and oxygen atoms in total. The highest BCUT2D eigenvalue weighted by Gasteiger charge is 2.15. The quantitative estimate of drug-likeness (QED) is 0.703. The molecule has 0 fully saturated rings. The molecule has 0 atom stereocenters. The normalized spacial score (nSPS) is 10.6. The minimum atomic E-state index is -1.18. The zero-order chi connectivity index (χ0) is 18.0. The molecule has 0 aliphatic carbocycles. The van der Waals surface area contributed by atoms with Gasteiger partial charge in [0.1, 0.15) is 6.54 Å². The van der Waals surface area contributed by atoms with Crippen molar-refractivity contribution >= 4 is 44.4 Å². The van der Waals surface area contributed by atoms with Gasteiger partial charge >= 0.3 is 5.97 Å². The number of amides is 1. The van der Waals surface area contributed by atoms with Crippen LogP contribution in [0.1, 0.15) is 10.4 Å². The molecule has 0 saturated carbocycles. The fourth-order valence-corrected chi connectivity index (χ4v) is 2.98. The van der Waals surface area contributed by atoms with Crippen molar-refractivity contribution in [2.24, 2.45) is 0 Å². The van der Waals surface area contributed by atoms with Crippen LogP contribution in [0.2, 0.25) is 0 Å². The van der Waals surface area contributed by atoms with Gasteiger partial charge in [-0.25, -0.2) is 4.79 Å². The van der Waals surface area contributed by atoms with E-state index in [0.29, 0.717) is 16.6 Å². The van der Waals surface area contributed by atoms with E-state index in [4.69, 9.17) is 0 Å². The number of pyridine rings is 1. The third kappa shape index (κ3) is 3.61. The first kappa shape index (κ1) is 16.9. The maximum absolute atomic E-state index is 12.3. The average Bonchev–Trinajstić information content (AvgIpc) is 2.57. The number of nitrogens with zero attached hydrogens (tertiary/aromatic N) is 1. The van der Waals surface area contributed by atoms with Gasteiger partial charge in [-0.3, -0.25) is 14.2 Å². The zero-order valence-corrected chi connectivity index (χ0v) is 14.5. The average molecular weight is 401 g/mol. The van der Waals surface area contributed by atoms with Gasteiger partial charge in [-0.15, -0.1) is 0 Å². The number of aromatic nitrogens is 1. The fourth-order valence-electron chi connectivity index (χ4n) is 2.59. The van der Waals surface area contributed by atoms with Crippen LogP contribution in [0.4, 0.5) is 5.69 Å². The van der Waals surface area contributed by atoms with Crippen LogP contribution < -0.4 is 10.9 Å². The molecule has 0 radical (unpaired) electrons. The van der Waals surface area contributed by atoms with E-state index < -0.39 is 11.5 Å². The Morgan fingerprint density at radius 2 is 1.84 bits per heavy atom. The second-order valence-corrected chi connectivity index (χ2v) is 6.28. The number of para-hydroxylation sites is 1. The molecule has 126 valence electrons. The lowest BCUT2D eigenvalue weighted by Crippen LogP contribution is -2.28. The standard InChI is InChI=1S/C18H13BrN2O4/c19-11-4-3-5-12(8-11)20-16(22)10-21-15-7-2-1-6-13(15)14(18(24)25)9-17(21)23/h1-9H,10H2,(H,20,22)(H,24,25). The Labute approximate surface area is 150 Å². The smallest absolute Gasteiger partial charge is 0.336 e. The van der Waals surface area contributed by atoms with Crippen LogP contribution >= 0.6 is 15.9 Å². The summed E-state index contributed by atoms with van der Waals surface area (Å²) in [5.41, 5.74) is 0.375. The summed E-state index contributed by atoms with van der Waals surface area (Å²) in [5.74, 6) is -1.56. The van der Waals surface area contributed by atoms with Crippen LogP contribution in [-0.2, 0) is 11.3 Å². The van der Waals surface area contributed by atoms with E-state index in [1.54, 1.807) is 42.5 Å². The highest BCUT2D eigenvalue weighted by molar-refractivity contribution is 9.10. The Balaban J connectivity index is 1.98. The lowest BCUT2D eigenvalue weighted by molar-refractivity contribution is -0.116. The summed E-state index contributed by atoms with van der Waals surface area (Å²) >= 11 is 3.32. The fraction of sp³-hybridized carbons (Fsp3) is 0.0556. The maximum atomic E-state index is 12.3. The topological polar surface area (TPSA) is 88.4 Å². The first-order chi connectivity index (χ1) is 12.0. The van der Waals surface area contributed by atoms with E-state index in [9.17, 15) is 19.5 Å². The number of halogens is 1. The predicted molar refractivity (Wildman–Crippen MR) is 97.9 cm³/mol. The number of nitrogens with one attached hydrogen (secondary N) is 1. The minimum Gasteiger partial charge on any atom is -0.478 e. The van der Waals surface area contributed by atoms with Crippen LogP contribution in [-0.4, -0.2) is 21.6 Å². The Hall–Kier alpha value is -2.93. The van der Waals surface area contributed by atoms with Crippen LogP contribution in [0.15, 0.2) is 63.9 Å². The highest BCUT2D eigenvalue weighted by Crippen LogP contribution is 2.18. The second kappa shape index (κ2) is 6.90. The Morgan fingerprint density at radius 3 is 2.56 bits per heavy atom. The number of carboxylic acid groups (broad SMARTS) is 1. The molecule has 3 rings (SSSR count). The van der Waals surface area contributed by atoms with Crippen LogP contribution in [0.5, 0.6) is 0 Å². The largest absolute Gasteiger partial charge is 0.478 e. The van der Waals surface area contributed by atoms with Gasteiger partial charge in [-0.1, -0.05) is 40.2 Å². The number of benzene rings is 2. The van der Waals surface area contributed by atoms with Gasteiger partial charge < -0.3 is 10.4 Å². The van der Waals surface area contributed by atoms with Crippen molar-refractivity contribution in [3.8, 4) is 0 Å². The Kier molecular flexibility index (Phi) is 4.67. The summed E-state index contributed by atoms with van der Waals surface area (Å²) in [5, 5.41) is 12.4. The van der Waals surface area contributed by atoms with Crippen molar-refractivity contribution in [3.05, 3.63) is 75.0 Å². The van der Waals surface area contributed by atoms with Gasteiger partial charge in [0.05, 0.1) is 11.1 Å². The number of carbonyl (C=O) groups excluding carboxylic acids is 1. The molecular weight excluding hydrogens is 388 g/mol. The highest BCUT2D eigenvalue weighted by atomic mass is 79.9. The third-order valence-electron chi connectivity index (χ3n) is 3.66. The number of rotatable bonds is 4. The number of aromatic carboxylic acids is 1. The van der Waals surface area contributed by atoms with Gasteiger partial charge in [0.2, 0.25) is 5.91 Å². The van der Waals surface area contributed by atoms with E-state index in [2.05, 4.69) is 21.2 Å². The van der Waals surface area contributed by atoms with Gasteiger partial charge in [-0.2, -0.15) is 0 Å². The van der Waals surface area contributed by atoms with Crippen molar-refractivity contribution in [1.82, 2.24) is 4.57 Å². The molecule has 3 aromatic rings. The molecule has 1 aromatic heterocycles. The molecule has 1 heterocycles. The van der Waals surface area contributed by atoms with Crippen molar-refractivity contribution < 1.29 is 14.7 Å². The predicted octanol–water partition coefficient (Wildman–Crippen LogP) is 3.10. The van der Waals surface area contributed by atoms with Gasteiger partial charge in [0.15, 0.2) is 0 Å². The molecule has 2 N–H and O–H groups in total. The SMILES string of the molecule is O=C(Cn1c(=O)cc(C(=O)O)c2ccccc21)Nc1cccc(Br)c1. The molecule has 0 saturated heterocycles. The number of anilines is 1. The van der Waals surface area contributed by atoms with Gasteiger partial charge in [0, 0.05) is 21.6 Å². The van der Waals surface area contributed by atoms with Crippen molar-refractivity contribution in [2.45, 2.75) is 6.54 Å². The lowest BCUT2D eigenvalue weighted by Gasteiger charge is -2.12. The first-order valence-electron chi connectivity index (χ1n) is 7.37. The summed E-state index contributed by atoms with van der Waals surface area (Å²) in [7, 11) is 0. The lowest BCUT2D eigenvalue weighted by atomic mass is 10.1. The summed E-state index contributed by atoms with van der Waals surface area (Å²) in [6.07, 6.45) is 0. The van der Waals surface area contributed by atoms with E-state index in [1.165, 1.54) is 4.57 Å². The molecule has 0 aliphatic rings. The van der Waals surface area contributed by atoms with Crippen LogP contribution in [0.25, 0.3) is 10.9 Å². The van der Waals surface area contributed by atoms with E-state index >= 15 is 0 Å². The first-order valence-corrected chi connectivity index (χ1v) is 8.16. The van der Waals surface area contributed by atoms with Crippen molar-refractivity contribution in [1.29, 1.82) is 0 Å². The molecule has 0 unspecified atom stereocenters. The molecule has 25 heavy (non-hydrogen) atoms. The van der Waals surface area contributed by atoms with E-state index in [-0.39, 0.29) is 18.0 Å². The summed E-state index contributed by atoms with van der Waals surface area (Å²) < 4.78 is 2.08. The molecular formula is C18H13BrN2O4. The Bertz CT molecular complexity index is 1040. The monoisotopic (exact) mass is 400 g/mol. The van der Waals surface area contributed by atoms with E-state index in [1.807, 2.05) is 6.07 Å². The summed E-state index contributed by atoms with van der Waals surface area (Å²) in [6, 6.07) is 14.7. The summed E-state index contributed by atoms with van der Waals surface area (Å²) in [6.45, 7) is -0.217. The molecule has 2 aromatic carbocycles. The van der Waals surface area contributed by atoms with Crippen LogP contribution in [0.3, 0.4) is 0 Å². The third-order valence-corrected chi connectivity index (χ3v) is 4.15.